The second kappa shape index (κ2) is 7.42. The number of anilines is 1. The van der Waals surface area contributed by atoms with E-state index in [4.69, 9.17) is 4.74 Å². The Morgan fingerprint density at radius 2 is 2.16 bits per heavy atom. The lowest BCUT2D eigenvalue weighted by molar-refractivity contribution is 0.138. The van der Waals surface area contributed by atoms with Crippen LogP contribution in [0, 0.1) is 0 Å². The molecule has 0 saturated heterocycles. The van der Waals surface area contributed by atoms with Crippen LogP contribution in [0.1, 0.15) is 13.8 Å². The highest BCUT2D eigenvalue weighted by atomic mass is 32.2. The molecule has 1 aromatic rings. The minimum atomic E-state index is -3.59. The Bertz CT molecular complexity index is 491. The van der Waals surface area contributed by atoms with Crippen LogP contribution in [0.3, 0.4) is 0 Å². The SMILES string of the molecule is CCNc1cccnc1S(=O)(=O)N(C)CCOCC. The predicted molar refractivity (Wildman–Crippen MR) is 74.7 cm³/mol. The molecule has 1 heterocycles. The zero-order valence-electron chi connectivity index (χ0n) is 11.6. The van der Waals surface area contributed by atoms with E-state index in [9.17, 15) is 8.42 Å². The zero-order valence-corrected chi connectivity index (χ0v) is 12.4. The second-order valence-electron chi connectivity index (χ2n) is 3.91. The van der Waals surface area contributed by atoms with Crippen molar-refractivity contribution in [2.45, 2.75) is 18.9 Å². The van der Waals surface area contributed by atoms with Crippen LogP contribution < -0.4 is 5.32 Å². The summed E-state index contributed by atoms with van der Waals surface area (Å²) in [5.74, 6) is 0. The van der Waals surface area contributed by atoms with Crippen LogP contribution >= 0.6 is 0 Å². The van der Waals surface area contributed by atoms with Crippen molar-refractivity contribution < 1.29 is 13.2 Å². The number of hydrogen-bond acceptors (Lipinski definition) is 5. The average molecular weight is 287 g/mol. The maximum Gasteiger partial charge on any atom is 0.262 e. The summed E-state index contributed by atoms with van der Waals surface area (Å²) in [6, 6.07) is 3.41. The third kappa shape index (κ3) is 4.15. The van der Waals surface area contributed by atoms with Gasteiger partial charge in [-0.15, -0.1) is 0 Å². The lowest BCUT2D eigenvalue weighted by Crippen LogP contribution is -2.31. The molecule has 0 amide bonds. The lowest BCUT2D eigenvalue weighted by atomic mass is 10.4. The molecule has 0 aliphatic carbocycles. The molecule has 1 N–H and O–H groups in total. The molecular formula is C12H21N3O3S. The summed E-state index contributed by atoms with van der Waals surface area (Å²) in [5, 5.41) is 3.06. The normalized spacial score (nSPS) is 11.8. The van der Waals surface area contributed by atoms with Crippen LogP contribution in [-0.4, -0.2) is 51.1 Å². The number of pyridine rings is 1. The van der Waals surface area contributed by atoms with Gasteiger partial charge in [-0.1, -0.05) is 0 Å². The molecule has 0 radical (unpaired) electrons. The first kappa shape index (κ1) is 15.9. The van der Waals surface area contributed by atoms with Gasteiger partial charge in [-0.2, -0.15) is 4.31 Å². The van der Waals surface area contributed by atoms with Gasteiger partial charge in [0, 0.05) is 32.9 Å². The van der Waals surface area contributed by atoms with Crippen molar-refractivity contribution in [3.05, 3.63) is 18.3 Å². The van der Waals surface area contributed by atoms with E-state index in [-0.39, 0.29) is 5.03 Å². The van der Waals surface area contributed by atoms with Gasteiger partial charge in [-0.05, 0) is 26.0 Å². The summed E-state index contributed by atoms with van der Waals surface area (Å²) in [4.78, 5) is 3.99. The van der Waals surface area contributed by atoms with Crippen molar-refractivity contribution in [2.24, 2.45) is 0 Å². The second-order valence-corrected chi connectivity index (χ2v) is 5.87. The summed E-state index contributed by atoms with van der Waals surface area (Å²) in [6.07, 6.45) is 1.48. The van der Waals surface area contributed by atoms with Crippen LogP contribution in [0.2, 0.25) is 0 Å². The van der Waals surface area contributed by atoms with Crippen LogP contribution in [0.25, 0.3) is 0 Å². The molecule has 1 aromatic heterocycles. The molecule has 1 rings (SSSR count). The van der Waals surface area contributed by atoms with Gasteiger partial charge in [0.25, 0.3) is 10.0 Å². The summed E-state index contributed by atoms with van der Waals surface area (Å²) in [6.45, 7) is 5.66. The lowest BCUT2D eigenvalue weighted by Gasteiger charge is -2.18. The third-order valence-electron chi connectivity index (χ3n) is 2.55. The molecule has 7 heteroatoms. The van der Waals surface area contributed by atoms with Crippen LogP contribution in [0.4, 0.5) is 5.69 Å². The maximum absolute atomic E-state index is 12.4. The highest BCUT2D eigenvalue weighted by molar-refractivity contribution is 7.89. The summed E-state index contributed by atoms with van der Waals surface area (Å²) < 4.78 is 31.2. The Hall–Kier alpha value is -1.18. The van der Waals surface area contributed by atoms with Crippen molar-refractivity contribution in [3.8, 4) is 0 Å². The monoisotopic (exact) mass is 287 g/mol. The Labute approximate surface area is 114 Å². The first-order valence-corrected chi connectivity index (χ1v) is 7.71. The van der Waals surface area contributed by atoms with Gasteiger partial charge in [0.05, 0.1) is 12.3 Å². The molecule has 108 valence electrons. The van der Waals surface area contributed by atoms with E-state index in [2.05, 4.69) is 10.3 Å². The number of hydrogen-bond donors (Lipinski definition) is 1. The van der Waals surface area contributed by atoms with Gasteiger partial charge in [-0.3, -0.25) is 0 Å². The molecule has 0 spiro atoms. The molecule has 0 bridgehead atoms. The van der Waals surface area contributed by atoms with E-state index < -0.39 is 10.0 Å². The maximum atomic E-state index is 12.4. The van der Waals surface area contributed by atoms with Gasteiger partial charge < -0.3 is 10.1 Å². The van der Waals surface area contributed by atoms with Gasteiger partial charge in [0.2, 0.25) is 0 Å². The van der Waals surface area contributed by atoms with Gasteiger partial charge >= 0.3 is 0 Å². The van der Waals surface area contributed by atoms with E-state index in [1.807, 2.05) is 13.8 Å². The summed E-state index contributed by atoms with van der Waals surface area (Å²) in [7, 11) is -2.07. The number of sulfonamides is 1. The Morgan fingerprint density at radius 1 is 1.42 bits per heavy atom. The summed E-state index contributed by atoms with van der Waals surface area (Å²) >= 11 is 0. The first-order valence-electron chi connectivity index (χ1n) is 6.27. The molecule has 0 aromatic carbocycles. The molecule has 19 heavy (non-hydrogen) atoms. The molecule has 0 unspecified atom stereocenters. The third-order valence-corrected chi connectivity index (χ3v) is 4.36. The van der Waals surface area contributed by atoms with Crippen LogP contribution in [-0.2, 0) is 14.8 Å². The topological polar surface area (TPSA) is 71.5 Å². The summed E-state index contributed by atoms with van der Waals surface area (Å²) in [5.41, 5.74) is 0.522. The average Bonchev–Trinajstić information content (AvgIpc) is 2.39. The van der Waals surface area contributed by atoms with E-state index in [0.717, 1.165) is 0 Å². The first-order chi connectivity index (χ1) is 9.04. The Morgan fingerprint density at radius 3 is 2.79 bits per heavy atom. The van der Waals surface area contributed by atoms with Crippen molar-refractivity contribution in [1.82, 2.24) is 9.29 Å². The highest BCUT2D eigenvalue weighted by Gasteiger charge is 2.24. The van der Waals surface area contributed by atoms with Crippen molar-refractivity contribution in [2.75, 3.05) is 38.7 Å². The highest BCUT2D eigenvalue weighted by Crippen LogP contribution is 2.20. The van der Waals surface area contributed by atoms with Crippen molar-refractivity contribution in [1.29, 1.82) is 0 Å². The number of ether oxygens (including phenoxy) is 1. The molecule has 0 saturated carbocycles. The fraction of sp³-hybridized carbons (Fsp3) is 0.583. The van der Waals surface area contributed by atoms with Gasteiger partial charge in [0.15, 0.2) is 5.03 Å². The van der Waals surface area contributed by atoms with Crippen molar-refractivity contribution >= 4 is 15.7 Å². The van der Waals surface area contributed by atoms with Crippen molar-refractivity contribution in [3.63, 3.8) is 0 Å². The molecular weight excluding hydrogens is 266 g/mol. The Kier molecular flexibility index (Phi) is 6.20. The predicted octanol–water partition coefficient (Wildman–Crippen LogP) is 1.17. The molecule has 0 atom stereocenters. The molecule has 0 fully saturated rings. The smallest absolute Gasteiger partial charge is 0.262 e. The Balaban J connectivity index is 2.93. The number of aromatic nitrogens is 1. The standard InChI is InChI=1S/C12H21N3O3S/c1-4-13-11-7-6-8-14-12(11)19(16,17)15(3)9-10-18-5-2/h6-8,13H,4-5,9-10H2,1-3H3. The molecule has 0 aliphatic heterocycles. The van der Waals surface area contributed by atoms with Crippen LogP contribution in [0.15, 0.2) is 23.4 Å². The minimum Gasteiger partial charge on any atom is -0.383 e. The molecule has 6 nitrogen and oxygen atoms in total. The number of likely N-dealkylation sites (N-methyl/N-ethyl adjacent to an activating group) is 1. The van der Waals surface area contributed by atoms with Gasteiger partial charge in [0.1, 0.15) is 0 Å². The quantitative estimate of drug-likeness (QED) is 0.727. The number of rotatable bonds is 8. The van der Waals surface area contributed by atoms with E-state index in [0.29, 0.717) is 32.0 Å². The minimum absolute atomic E-state index is 0.0517. The van der Waals surface area contributed by atoms with Gasteiger partial charge in [-0.25, -0.2) is 13.4 Å². The molecule has 0 aliphatic rings. The zero-order chi connectivity index (χ0) is 14.3. The van der Waals surface area contributed by atoms with E-state index in [1.165, 1.54) is 17.5 Å². The largest absolute Gasteiger partial charge is 0.383 e. The fourth-order valence-corrected chi connectivity index (χ4v) is 2.75. The van der Waals surface area contributed by atoms with E-state index >= 15 is 0 Å². The van der Waals surface area contributed by atoms with E-state index in [1.54, 1.807) is 12.1 Å². The fourth-order valence-electron chi connectivity index (χ4n) is 1.53. The number of nitrogens with zero attached hydrogens (tertiary/aromatic N) is 2. The van der Waals surface area contributed by atoms with Crippen LogP contribution in [0.5, 0.6) is 0 Å². The number of nitrogens with one attached hydrogen (secondary N) is 1.